The van der Waals surface area contributed by atoms with E-state index in [-0.39, 0.29) is 0 Å². The molecule has 0 bridgehead atoms. The van der Waals surface area contributed by atoms with Crippen LogP contribution in [0.2, 0.25) is 0 Å². The maximum atomic E-state index is 15.6. The van der Waals surface area contributed by atoms with Gasteiger partial charge in [-0.2, -0.15) is 0 Å². The molecule has 2 heterocycles. The van der Waals surface area contributed by atoms with E-state index in [0.29, 0.717) is 0 Å². The lowest BCUT2D eigenvalue weighted by atomic mass is 10.1. The minimum Gasteiger partial charge on any atom is -0.309 e. The lowest BCUT2D eigenvalue weighted by Gasteiger charge is -2.30. The van der Waals surface area contributed by atoms with Crippen molar-refractivity contribution in [2.45, 2.75) is 0 Å². The Kier molecular flexibility index (Phi) is 4.68. The molecule has 2 unspecified atom stereocenters. The molecule has 2 nitrogen and oxygen atoms in total. The Hall–Kier alpha value is -3.70. The molecule has 1 aliphatic heterocycles. The van der Waals surface area contributed by atoms with Gasteiger partial charge in [0.15, 0.2) is 7.14 Å². The van der Waals surface area contributed by atoms with Gasteiger partial charge in [-0.3, -0.25) is 0 Å². The van der Waals surface area contributed by atoms with E-state index in [4.69, 9.17) is 4.98 Å². The van der Waals surface area contributed by atoms with Crippen molar-refractivity contribution in [1.82, 2.24) is 4.98 Å². The summed E-state index contributed by atoms with van der Waals surface area (Å²) in [6.07, 6.45) is 0. The number of nitrogens with zero attached hydrogens (tertiary/aromatic N) is 1. The molecule has 4 heteroatoms. The van der Waals surface area contributed by atoms with E-state index in [0.717, 1.165) is 54.0 Å². The van der Waals surface area contributed by atoms with Crippen molar-refractivity contribution in [2.75, 3.05) is 0 Å². The van der Waals surface area contributed by atoms with Gasteiger partial charge in [0.05, 0.1) is 10.9 Å². The van der Waals surface area contributed by atoms with Crippen molar-refractivity contribution in [3.63, 3.8) is 0 Å². The van der Waals surface area contributed by atoms with Gasteiger partial charge in [0, 0.05) is 31.9 Å². The summed E-state index contributed by atoms with van der Waals surface area (Å²) in [7, 11) is -4.07. The van der Waals surface area contributed by atoms with Crippen LogP contribution >= 0.6 is 14.7 Å². The van der Waals surface area contributed by atoms with Gasteiger partial charge in [-0.25, -0.2) is 4.98 Å². The normalized spacial score (nSPS) is 16.7. The number of fused-ring (bicyclic) bond motifs is 2. The highest BCUT2D eigenvalue weighted by Crippen LogP contribution is 2.63. The van der Waals surface area contributed by atoms with E-state index in [2.05, 4.69) is 78.9 Å². The van der Waals surface area contributed by atoms with E-state index in [1.807, 2.05) is 48.5 Å². The van der Waals surface area contributed by atoms with Crippen molar-refractivity contribution in [3.8, 4) is 27.4 Å². The Morgan fingerprint density at radius 2 is 1.23 bits per heavy atom. The molecule has 5 aromatic carbocycles. The molecule has 6 aromatic rings. The first-order chi connectivity index (χ1) is 17.3. The third-order valence-electron chi connectivity index (χ3n) is 6.80. The zero-order chi connectivity index (χ0) is 23.4. The Morgan fingerprint density at radius 3 is 1.94 bits per heavy atom. The fourth-order valence-electron chi connectivity index (χ4n) is 5.30. The highest BCUT2D eigenvalue weighted by atomic mass is 31.2. The SMILES string of the molecule is O=P1(c2ccccc2)c2c(-c3ccccc3)cccc2-p2c(-c3ccccc3)nc3cccc1c32. The Bertz CT molecular complexity index is 1760. The number of benzene rings is 5. The van der Waals surface area contributed by atoms with Gasteiger partial charge in [0.1, 0.15) is 0 Å². The molecule has 0 saturated carbocycles. The predicted octanol–water partition coefficient (Wildman–Crippen LogP) is 7.50. The van der Waals surface area contributed by atoms with E-state index in [1.165, 1.54) is 0 Å². The third-order valence-corrected chi connectivity index (χ3v) is 12.9. The summed E-state index contributed by atoms with van der Waals surface area (Å²) in [5, 5.41) is 5.11. The molecule has 0 fully saturated rings. The number of hydrogen-bond donors (Lipinski definition) is 0. The second kappa shape index (κ2) is 7.92. The van der Waals surface area contributed by atoms with Crippen molar-refractivity contribution in [2.24, 2.45) is 0 Å². The van der Waals surface area contributed by atoms with Crippen LogP contribution in [0.3, 0.4) is 0 Å². The number of hydrogen-bond acceptors (Lipinski definition) is 2. The van der Waals surface area contributed by atoms with Crippen LogP contribution in [-0.2, 0) is 4.57 Å². The van der Waals surface area contributed by atoms with Gasteiger partial charge in [-0.15, -0.1) is 0 Å². The minimum absolute atomic E-state index is 0.876. The fourth-order valence-corrected chi connectivity index (χ4v) is 12.3. The van der Waals surface area contributed by atoms with Crippen LogP contribution in [0.15, 0.2) is 127 Å². The molecule has 166 valence electrons. The number of rotatable bonds is 3. The molecule has 0 saturated heterocycles. The van der Waals surface area contributed by atoms with Crippen molar-refractivity contribution in [1.29, 1.82) is 0 Å². The largest absolute Gasteiger partial charge is 0.309 e. The van der Waals surface area contributed by atoms with E-state index < -0.39 is 14.7 Å². The van der Waals surface area contributed by atoms with Crippen LogP contribution in [0.5, 0.6) is 0 Å². The maximum absolute atomic E-state index is 15.6. The molecule has 0 radical (unpaired) electrons. The Morgan fingerprint density at radius 1 is 0.600 bits per heavy atom. The van der Waals surface area contributed by atoms with Crippen molar-refractivity contribution >= 4 is 41.2 Å². The summed E-state index contributed by atoms with van der Waals surface area (Å²) < 4.78 is 15.6. The Labute approximate surface area is 205 Å². The molecule has 2 atom stereocenters. The van der Waals surface area contributed by atoms with Gasteiger partial charge in [-0.1, -0.05) is 117 Å². The standard InChI is InChI=1S/C31H21NOP2/c33-35(24-16-8-3-9-17-24)28-21-11-19-26-29(28)34(31(32-26)23-14-6-2-7-15-23)27-20-10-18-25(30(27)35)22-12-4-1-5-13-22/h1-21H. The van der Waals surface area contributed by atoms with Crippen LogP contribution in [0.4, 0.5) is 0 Å². The van der Waals surface area contributed by atoms with E-state index in [1.54, 1.807) is 0 Å². The summed E-state index contributed by atoms with van der Waals surface area (Å²) >= 11 is 0. The molecule has 1 aromatic heterocycles. The Balaban J connectivity index is 1.69. The first kappa shape index (κ1) is 20.7. The number of aromatic nitrogens is 1. The summed E-state index contributed by atoms with van der Waals surface area (Å²) in [6.45, 7) is 0. The van der Waals surface area contributed by atoms with Crippen LogP contribution in [0, 0.1) is 0 Å². The summed E-state index contributed by atoms with van der Waals surface area (Å²) in [5.41, 5.74) is 5.32. The van der Waals surface area contributed by atoms with Crippen molar-refractivity contribution < 1.29 is 4.57 Å². The molecular formula is C31H21NOP2. The van der Waals surface area contributed by atoms with Crippen LogP contribution < -0.4 is 15.9 Å². The molecule has 0 spiro atoms. The van der Waals surface area contributed by atoms with Gasteiger partial charge in [0.2, 0.25) is 0 Å². The van der Waals surface area contributed by atoms with E-state index in [9.17, 15) is 0 Å². The molecule has 0 aliphatic carbocycles. The molecular weight excluding hydrogens is 464 g/mol. The molecule has 0 N–H and O–H groups in total. The average molecular weight is 485 g/mol. The zero-order valence-corrected chi connectivity index (χ0v) is 20.7. The van der Waals surface area contributed by atoms with Crippen LogP contribution in [0.1, 0.15) is 0 Å². The molecule has 35 heavy (non-hydrogen) atoms. The first-order valence-corrected chi connectivity index (χ1v) is 14.7. The van der Waals surface area contributed by atoms with E-state index >= 15 is 4.57 Å². The van der Waals surface area contributed by atoms with Gasteiger partial charge < -0.3 is 4.57 Å². The third kappa shape index (κ3) is 2.98. The average Bonchev–Trinajstić information content (AvgIpc) is 3.33. The summed E-state index contributed by atoms with van der Waals surface area (Å²) in [4.78, 5) is 5.16. The smallest absolute Gasteiger partial charge is 0.173 e. The molecule has 7 rings (SSSR count). The van der Waals surface area contributed by atoms with Crippen molar-refractivity contribution in [3.05, 3.63) is 127 Å². The maximum Gasteiger partial charge on any atom is 0.173 e. The second-order valence-electron chi connectivity index (χ2n) is 8.77. The quantitative estimate of drug-likeness (QED) is 0.243. The first-order valence-electron chi connectivity index (χ1n) is 11.7. The highest BCUT2D eigenvalue weighted by molar-refractivity contribution is 7.90. The van der Waals surface area contributed by atoms with Crippen LogP contribution in [0.25, 0.3) is 38.1 Å². The monoisotopic (exact) mass is 485 g/mol. The summed E-state index contributed by atoms with van der Waals surface area (Å²) in [5.74, 6) is 0. The van der Waals surface area contributed by atoms with Gasteiger partial charge in [0.25, 0.3) is 0 Å². The molecule has 0 amide bonds. The fraction of sp³-hybridized carbons (Fsp3) is 0. The lowest BCUT2D eigenvalue weighted by molar-refractivity contribution is 0.592. The topological polar surface area (TPSA) is 30.0 Å². The zero-order valence-electron chi connectivity index (χ0n) is 18.9. The second-order valence-corrected chi connectivity index (χ2v) is 13.5. The predicted molar refractivity (Wildman–Crippen MR) is 150 cm³/mol. The van der Waals surface area contributed by atoms with Gasteiger partial charge >= 0.3 is 0 Å². The lowest BCUT2D eigenvalue weighted by Crippen LogP contribution is -2.29. The minimum atomic E-state index is -3.15. The van der Waals surface area contributed by atoms with Gasteiger partial charge in [-0.05, 0) is 29.3 Å². The summed E-state index contributed by atoms with van der Waals surface area (Å²) in [6, 6.07) is 43.4. The van der Waals surface area contributed by atoms with Crippen LogP contribution in [-0.4, -0.2) is 4.98 Å². The molecule has 1 aliphatic rings. The highest BCUT2D eigenvalue weighted by Gasteiger charge is 2.41.